The SMILES string of the molecule is O=C(CN(CCc1ccccc1)S(=O)(=O)c1ccc(Br)cc1)NN=Cc1cccc2ccccc12. The first kappa shape index (κ1) is 24.8. The predicted octanol–water partition coefficient (Wildman–Crippen LogP) is 4.99. The van der Waals surface area contributed by atoms with E-state index in [1.807, 2.05) is 72.8 Å². The maximum atomic E-state index is 13.3. The van der Waals surface area contributed by atoms with Gasteiger partial charge in [0.1, 0.15) is 0 Å². The minimum atomic E-state index is -3.89. The van der Waals surface area contributed by atoms with Crippen LogP contribution in [0.2, 0.25) is 0 Å². The van der Waals surface area contributed by atoms with Crippen molar-refractivity contribution in [3.63, 3.8) is 0 Å². The van der Waals surface area contributed by atoms with Crippen molar-refractivity contribution >= 4 is 48.8 Å². The summed E-state index contributed by atoms with van der Waals surface area (Å²) in [6, 6.07) is 29.6. The van der Waals surface area contributed by atoms with Gasteiger partial charge in [-0.3, -0.25) is 4.79 Å². The van der Waals surface area contributed by atoms with E-state index in [9.17, 15) is 13.2 Å². The third-order valence-electron chi connectivity index (χ3n) is 5.48. The number of hydrogen-bond acceptors (Lipinski definition) is 4. The van der Waals surface area contributed by atoms with E-state index in [0.717, 1.165) is 26.4 Å². The summed E-state index contributed by atoms with van der Waals surface area (Å²) in [7, 11) is -3.89. The largest absolute Gasteiger partial charge is 0.272 e. The fraction of sp³-hybridized carbons (Fsp3) is 0.111. The molecule has 35 heavy (non-hydrogen) atoms. The first-order chi connectivity index (χ1) is 16.9. The minimum Gasteiger partial charge on any atom is -0.272 e. The minimum absolute atomic E-state index is 0.126. The molecule has 0 aliphatic carbocycles. The maximum absolute atomic E-state index is 13.3. The van der Waals surface area contributed by atoms with E-state index in [1.165, 1.54) is 16.4 Å². The third-order valence-corrected chi connectivity index (χ3v) is 7.87. The fourth-order valence-electron chi connectivity index (χ4n) is 3.67. The zero-order chi connectivity index (χ0) is 24.7. The standard InChI is InChI=1S/C27H24BrN3O3S/c28-24-13-15-25(16-14-24)35(33,34)31(18-17-21-7-2-1-3-8-21)20-27(32)30-29-19-23-11-6-10-22-9-4-5-12-26(22)23/h1-16,19H,17-18,20H2,(H,30,32). The van der Waals surface area contributed by atoms with Crippen molar-refractivity contribution in [3.05, 3.63) is 113 Å². The Kier molecular flexibility index (Phi) is 8.07. The fourth-order valence-corrected chi connectivity index (χ4v) is 5.33. The lowest BCUT2D eigenvalue weighted by molar-refractivity contribution is -0.121. The van der Waals surface area contributed by atoms with E-state index in [-0.39, 0.29) is 18.0 Å². The van der Waals surface area contributed by atoms with E-state index in [0.29, 0.717) is 6.42 Å². The van der Waals surface area contributed by atoms with E-state index in [2.05, 4.69) is 26.5 Å². The molecule has 4 rings (SSSR count). The zero-order valence-corrected chi connectivity index (χ0v) is 21.2. The molecule has 0 aromatic heterocycles. The highest BCUT2D eigenvalue weighted by Crippen LogP contribution is 2.20. The molecule has 1 amide bonds. The zero-order valence-electron chi connectivity index (χ0n) is 18.8. The molecule has 0 spiro atoms. The summed E-state index contributed by atoms with van der Waals surface area (Å²) in [5.41, 5.74) is 4.31. The first-order valence-electron chi connectivity index (χ1n) is 11.0. The number of nitrogens with one attached hydrogen (secondary N) is 1. The quantitative estimate of drug-likeness (QED) is 0.236. The Balaban J connectivity index is 1.49. The van der Waals surface area contributed by atoms with E-state index >= 15 is 0 Å². The molecule has 6 nitrogen and oxygen atoms in total. The second-order valence-corrected chi connectivity index (χ2v) is 10.7. The van der Waals surface area contributed by atoms with Gasteiger partial charge in [0, 0.05) is 16.6 Å². The molecule has 0 atom stereocenters. The Morgan fingerprint density at radius 2 is 1.57 bits per heavy atom. The number of sulfonamides is 1. The molecule has 1 N–H and O–H groups in total. The Hall–Kier alpha value is -3.33. The number of hydrazone groups is 1. The predicted molar refractivity (Wildman–Crippen MR) is 143 cm³/mol. The Bertz CT molecular complexity index is 1430. The van der Waals surface area contributed by atoms with Crippen LogP contribution in [-0.2, 0) is 21.2 Å². The number of nitrogens with zero attached hydrogens (tertiary/aromatic N) is 2. The van der Waals surface area contributed by atoms with Crippen LogP contribution in [0.25, 0.3) is 10.8 Å². The van der Waals surface area contributed by atoms with Gasteiger partial charge >= 0.3 is 0 Å². The number of hydrogen-bond donors (Lipinski definition) is 1. The van der Waals surface area contributed by atoms with E-state index in [1.54, 1.807) is 18.3 Å². The summed E-state index contributed by atoms with van der Waals surface area (Å²) < 4.78 is 28.6. The highest BCUT2D eigenvalue weighted by Gasteiger charge is 2.26. The van der Waals surface area contributed by atoms with Crippen LogP contribution in [0.1, 0.15) is 11.1 Å². The van der Waals surface area contributed by atoms with Gasteiger partial charge in [0.2, 0.25) is 10.0 Å². The lowest BCUT2D eigenvalue weighted by Crippen LogP contribution is -2.40. The average molecular weight is 550 g/mol. The summed E-state index contributed by atoms with van der Waals surface area (Å²) in [4.78, 5) is 12.8. The molecule has 4 aromatic carbocycles. The molecule has 8 heteroatoms. The monoisotopic (exact) mass is 549 g/mol. The Labute approximate surface area is 213 Å². The van der Waals surface area contributed by atoms with Crippen molar-refractivity contribution in [2.45, 2.75) is 11.3 Å². The number of carbonyl (C=O) groups is 1. The molecule has 0 radical (unpaired) electrons. The van der Waals surface area contributed by atoms with Crippen LogP contribution in [0.5, 0.6) is 0 Å². The van der Waals surface area contributed by atoms with Gasteiger partial charge in [-0.15, -0.1) is 0 Å². The van der Waals surface area contributed by atoms with Gasteiger partial charge in [-0.05, 0) is 47.0 Å². The molecule has 4 aromatic rings. The van der Waals surface area contributed by atoms with Crippen molar-refractivity contribution < 1.29 is 13.2 Å². The van der Waals surface area contributed by atoms with E-state index in [4.69, 9.17) is 0 Å². The lowest BCUT2D eigenvalue weighted by Gasteiger charge is -2.21. The first-order valence-corrected chi connectivity index (χ1v) is 13.3. The molecule has 0 saturated carbocycles. The summed E-state index contributed by atoms with van der Waals surface area (Å²) in [5.74, 6) is -0.518. The molecule has 0 unspecified atom stereocenters. The molecule has 0 aliphatic heterocycles. The van der Waals surface area contributed by atoms with Crippen molar-refractivity contribution in [1.29, 1.82) is 0 Å². The summed E-state index contributed by atoms with van der Waals surface area (Å²) in [5, 5.41) is 6.15. The van der Waals surface area contributed by atoms with Crippen LogP contribution < -0.4 is 5.43 Å². The topological polar surface area (TPSA) is 78.8 Å². The lowest BCUT2D eigenvalue weighted by atomic mass is 10.1. The number of fused-ring (bicyclic) bond motifs is 1. The van der Waals surface area contributed by atoms with Gasteiger partial charge < -0.3 is 0 Å². The van der Waals surface area contributed by atoms with Crippen LogP contribution in [0, 0.1) is 0 Å². The summed E-state index contributed by atoms with van der Waals surface area (Å²) in [6.45, 7) is -0.193. The third kappa shape index (κ3) is 6.42. The van der Waals surface area contributed by atoms with Crippen LogP contribution in [0.4, 0.5) is 0 Å². The molecule has 0 aliphatic rings. The van der Waals surface area contributed by atoms with Gasteiger partial charge in [-0.25, -0.2) is 13.8 Å². The van der Waals surface area contributed by atoms with E-state index < -0.39 is 15.9 Å². The van der Waals surface area contributed by atoms with Crippen LogP contribution >= 0.6 is 15.9 Å². The molecule has 0 fully saturated rings. The second-order valence-electron chi connectivity index (χ2n) is 7.89. The Morgan fingerprint density at radius 3 is 2.34 bits per heavy atom. The average Bonchev–Trinajstić information content (AvgIpc) is 2.87. The normalized spacial score (nSPS) is 11.8. The highest BCUT2D eigenvalue weighted by molar-refractivity contribution is 9.10. The van der Waals surface area contributed by atoms with Gasteiger partial charge in [0.25, 0.3) is 5.91 Å². The number of rotatable bonds is 9. The molecule has 178 valence electrons. The summed E-state index contributed by atoms with van der Waals surface area (Å²) in [6.07, 6.45) is 2.04. The number of carbonyl (C=O) groups excluding carboxylic acids is 1. The van der Waals surface area contributed by atoms with Gasteiger partial charge in [0.15, 0.2) is 0 Å². The molecule has 0 bridgehead atoms. The van der Waals surface area contributed by atoms with Crippen molar-refractivity contribution in [3.8, 4) is 0 Å². The number of halogens is 1. The highest BCUT2D eigenvalue weighted by atomic mass is 79.9. The number of benzene rings is 4. The maximum Gasteiger partial charge on any atom is 0.255 e. The number of amides is 1. The van der Waals surface area contributed by atoms with Gasteiger partial charge in [0.05, 0.1) is 17.7 Å². The molecule has 0 heterocycles. The Morgan fingerprint density at radius 1 is 0.886 bits per heavy atom. The molecular weight excluding hydrogens is 526 g/mol. The van der Waals surface area contributed by atoms with Crippen molar-refractivity contribution in [2.75, 3.05) is 13.1 Å². The van der Waals surface area contributed by atoms with Crippen molar-refractivity contribution in [1.82, 2.24) is 9.73 Å². The smallest absolute Gasteiger partial charge is 0.255 e. The summed E-state index contributed by atoms with van der Waals surface area (Å²) >= 11 is 3.33. The van der Waals surface area contributed by atoms with Crippen LogP contribution in [0.15, 0.2) is 112 Å². The van der Waals surface area contributed by atoms with Crippen LogP contribution in [-0.4, -0.2) is 37.9 Å². The van der Waals surface area contributed by atoms with Gasteiger partial charge in [-0.2, -0.15) is 9.41 Å². The second kappa shape index (κ2) is 11.4. The molecular formula is C27H24BrN3O3S. The van der Waals surface area contributed by atoms with Crippen molar-refractivity contribution in [2.24, 2.45) is 5.10 Å². The van der Waals surface area contributed by atoms with Gasteiger partial charge in [-0.1, -0.05) is 88.7 Å². The van der Waals surface area contributed by atoms with Crippen LogP contribution in [0.3, 0.4) is 0 Å². The molecule has 0 saturated heterocycles.